The van der Waals surface area contributed by atoms with E-state index in [1.54, 1.807) is 0 Å². The van der Waals surface area contributed by atoms with E-state index in [1.807, 2.05) is 0 Å². The van der Waals surface area contributed by atoms with Crippen molar-refractivity contribution in [2.75, 3.05) is 13.1 Å². The van der Waals surface area contributed by atoms with Gasteiger partial charge < -0.3 is 15.4 Å². The predicted octanol–water partition coefficient (Wildman–Crippen LogP) is 1.05. The Balaban J connectivity index is 1.69. The van der Waals surface area contributed by atoms with E-state index in [4.69, 9.17) is 4.74 Å². The van der Waals surface area contributed by atoms with Gasteiger partial charge in [0.15, 0.2) is 0 Å². The molecular weight excluding hydrogens is 233 g/mol. The normalized spacial score (nSPS) is 46.4. The zero-order valence-corrected chi connectivity index (χ0v) is 9.46. The first-order chi connectivity index (χ1) is 8.05. The molecule has 3 fully saturated rings. The van der Waals surface area contributed by atoms with E-state index in [2.05, 4.69) is 10.6 Å². The van der Waals surface area contributed by atoms with Crippen molar-refractivity contribution in [3.8, 4) is 0 Å². The fourth-order valence-electron chi connectivity index (χ4n) is 3.35. The van der Waals surface area contributed by atoms with Gasteiger partial charge in [-0.25, -0.2) is 0 Å². The Morgan fingerprint density at radius 3 is 2.71 bits per heavy atom. The van der Waals surface area contributed by atoms with Gasteiger partial charge in [0.1, 0.15) is 6.04 Å². The van der Waals surface area contributed by atoms with Gasteiger partial charge in [0, 0.05) is 18.5 Å². The molecule has 3 nitrogen and oxygen atoms in total. The molecule has 0 aliphatic carbocycles. The second-order valence-electron chi connectivity index (χ2n) is 5.24. The van der Waals surface area contributed by atoms with Crippen LogP contribution in [0.25, 0.3) is 0 Å². The summed E-state index contributed by atoms with van der Waals surface area (Å²) in [4.78, 5) is 0. The SMILES string of the molecule is FC(F)(F)C1CC2O[C@H]3CCCN[C@H]3C2CN1. The van der Waals surface area contributed by atoms with Crippen LogP contribution in [0.1, 0.15) is 19.3 Å². The maximum atomic E-state index is 12.6. The van der Waals surface area contributed by atoms with E-state index in [9.17, 15) is 13.2 Å². The van der Waals surface area contributed by atoms with Crippen LogP contribution < -0.4 is 10.6 Å². The largest absolute Gasteiger partial charge is 0.403 e. The highest BCUT2D eigenvalue weighted by atomic mass is 19.4. The molecule has 6 heteroatoms. The number of hydrogen-bond donors (Lipinski definition) is 2. The molecule has 17 heavy (non-hydrogen) atoms. The van der Waals surface area contributed by atoms with Crippen LogP contribution >= 0.6 is 0 Å². The van der Waals surface area contributed by atoms with E-state index in [0.717, 1.165) is 19.4 Å². The zero-order chi connectivity index (χ0) is 12.0. The number of alkyl halides is 3. The summed E-state index contributed by atoms with van der Waals surface area (Å²) < 4.78 is 43.7. The maximum absolute atomic E-state index is 12.6. The summed E-state index contributed by atoms with van der Waals surface area (Å²) in [5.41, 5.74) is 0. The van der Waals surface area contributed by atoms with Crippen molar-refractivity contribution in [2.24, 2.45) is 5.92 Å². The molecule has 3 aliphatic rings. The lowest BCUT2D eigenvalue weighted by atomic mass is 9.84. The molecule has 0 spiro atoms. The first kappa shape index (κ1) is 11.7. The molecule has 0 aromatic heterocycles. The van der Waals surface area contributed by atoms with Crippen molar-refractivity contribution in [1.82, 2.24) is 10.6 Å². The lowest BCUT2D eigenvalue weighted by molar-refractivity contribution is -0.171. The highest BCUT2D eigenvalue weighted by Gasteiger charge is 2.52. The van der Waals surface area contributed by atoms with Crippen molar-refractivity contribution in [2.45, 2.75) is 49.7 Å². The third-order valence-corrected chi connectivity index (χ3v) is 4.20. The number of halogens is 3. The Kier molecular flexibility index (Phi) is 2.83. The van der Waals surface area contributed by atoms with E-state index < -0.39 is 12.2 Å². The molecule has 0 bridgehead atoms. The number of ether oxygens (including phenoxy) is 1. The molecular formula is C11H17F3N2O. The molecule has 5 atom stereocenters. The van der Waals surface area contributed by atoms with Gasteiger partial charge in [-0.05, 0) is 25.8 Å². The van der Waals surface area contributed by atoms with E-state index in [0.29, 0.717) is 6.54 Å². The fourth-order valence-corrected chi connectivity index (χ4v) is 3.35. The third kappa shape index (κ3) is 2.06. The Labute approximate surface area is 98.1 Å². The van der Waals surface area contributed by atoms with Gasteiger partial charge >= 0.3 is 6.18 Å². The topological polar surface area (TPSA) is 33.3 Å². The van der Waals surface area contributed by atoms with Crippen LogP contribution in [-0.2, 0) is 4.74 Å². The van der Waals surface area contributed by atoms with Crippen LogP contribution in [0.4, 0.5) is 13.2 Å². The van der Waals surface area contributed by atoms with Gasteiger partial charge in [-0.2, -0.15) is 13.2 Å². The number of nitrogens with one attached hydrogen (secondary N) is 2. The van der Waals surface area contributed by atoms with Crippen LogP contribution in [0.15, 0.2) is 0 Å². The lowest BCUT2D eigenvalue weighted by Crippen LogP contribution is -2.56. The minimum absolute atomic E-state index is 0.0584. The molecule has 0 saturated carbocycles. The summed E-state index contributed by atoms with van der Waals surface area (Å²) in [7, 11) is 0. The van der Waals surface area contributed by atoms with E-state index in [1.165, 1.54) is 0 Å². The number of piperidine rings is 2. The maximum Gasteiger partial charge on any atom is 0.403 e. The Morgan fingerprint density at radius 1 is 1.12 bits per heavy atom. The number of rotatable bonds is 0. The summed E-state index contributed by atoms with van der Waals surface area (Å²) in [5, 5.41) is 6.01. The second kappa shape index (κ2) is 4.10. The average molecular weight is 250 g/mol. The molecule has 3 saturated heterocycles. The lowest BCUT2D eigenvalue weighted by Gasteiger charge is -2.35. The molecule has 0 amide bonds. The van der Waals surface area contributed by atoms with Crippen molar-refractivity contribution in [3.05, 3.63) is 0 Å². The van der Waals surface area contributed by atoms with E-state index >= 15 is 0 Å². The molecule has 2 N–H and O–H groups in total. The molecule has 98 valence electrons. The van der Waals surface area contributed by atoms with Crippen molar-refractivity contribution >= 4 is 0 Å². The summed E-state index contributed by atoms with van der Waals surface area (Å²) in [6.45, 7) is 1.36. The fraction of sp³-hybridized carbons (Fsp3) is 1.00. The highest BCUT2D eigenvalue weighted by Crippen LogP contribution is 2.38. The van der Waals surface area contributed by atoms with Crippen molar-refractivity contribution < 1.29 is 17.9 Å². The Hall–Kier alpha value is -0.330. The molecule has 0 aromatic carbocycles. The first-order valence-electron chi connectivity index (χ1n) is 6.24. The quantitative estimate of drug-likeness (QED) is 0.674. The standard InChI is InChI=1S/C11H17F3N2O/c12-11(13,14)9-4-8-6(5-16-9)10-7(17-8)2-1-3-15-10/h6-10,15-16H,1-5H2/t6?,7-,8?,9?,10-/m0/s1. The van der Waals surface area contributed by atoms with Crippen molar-refractivity contribution in [1.29, 1.82) is 0 Å². The predicted molar refractivity (Wildman–Crippen MR) is 55.6 cm³/mol. The summed E-state index contributed by atoms with van der Waals surface area (Å²) in [6, 6.07) is -1.15. The molecule has 3 unspecified atom stereocenters. The molecule has 3 aliphatic heterocycles. The number of fused-ring (bicyclic) bond motifs is 3. The Morgan fingerprint density at radius 2 is 1.94 bits per heavy atom. The van der Waals surface area contributed by atoms with Crippen LogP contribution in [0, 0.1) is 5.92 Å². The second-order valence-corrected chi connectivity index (χ2v) is 5.24. The van der Waals surface area contributed by atoms with Gasteiger partial charge in [0.25, 0.3) is 0 Å². The smallest absolute Gasteiger partial charge is 0.373 e. The first-order valence-corrected chi connectivity index (χ1v) is 6.24. The van der Waals surface area contributed by atoms with Gasteiger partial charge in [-0.3, -0.25) is 0 Å². The third-order valence-electron chi connectivity index (χ3n) is 4.20. The van der Waals surface area contributed by atoms with Gasteiger partial charge in [0.05, 0.1) is 12.2 Å². The van der Waals surface area contributed by atoms with Gasteiger partial charge in [0.2, 0.25) is 0 Å². The van der Waals surface area contributed by atoms with Crippen LogP contribution in [0.5, 0.6) is 0 Å². The molecule has 3 heterocycles. The summed E-state index contributed by atoms with van der Waals surface area (Å²) in [5.74, 6) is 0.193. The molecule has 0 radical (unpaired) electrons. The van der Waals surface area contributed by atoms with Gasteiger partial charge in [-0.15, -0.1) is 0 Å². The van der Waals surface area contributed by atoms with Crippen LogP contribution in [0.2, 0.25) is 0 Å². The molecule has 0 aromatic rings. The number of hydrogen-bond acceptors (Lipinski definition) is 3. The molecule has 3 rings (SSSR count). The van der Waals surface area contributed by atoms with E-state index in [-0.39, 0.29) is 30.6 Å². The summed E-state index contributed by atoms with van der Waals surface area (Å²) >= 11 is 0. The van der Waals surface area contributed by atoms with Crippen LogP contribution in [-0.4, -0.2) is 43.6 Å². The van der Waals surface area contributed by atoms with Crippen molar-refractivity contribution in [3.63, 3.8) is 0 Å². The average Bonchev–Trinajstić information content (AvgIpc) is 2.65. The highest BCUT2D eigenvalue weighted by molar-refractivity contribution is 5.02. The zero-order valence-electron chi connectivity index (χ0n) is 9.46. The Bertz CT molecular complexity index is 297. The van der Waals surface area contributed by atoms with Crippen LogP contribution in [0.3, 0.4) is 0 Å². The van der Waals surface area contributed by atoms with Gasteiger partial charge in [-0.1, -0.05) is 0 Å². The summed E-state index contributed by atoms with van der Waals surface area (Å²) in [6.07, 6.45) is -2.19. The minimum atomic E-state index is -4.16. The minimum Gasteiger partial charge on any atom is -0.373 e. The monoisotopic (exact) mass is 250 g/mol.